The van der Waals surface area contributed by atoms with Crippen molar-refractivity contribution < 1.29 is 38.5 Å². The highest BCUT2D eigenvalue weighted by Crippen LogP contribution is 2.61. The van der Waals surface area contributed by atoms with Gasteiger partial charge in [-0.2, -0.15) is 0 Å². The predicted octanol–water partition coefficient (Wildman–Crippen LogP) is 5.59. The number of hydrogen-bond acceptors (Lipinski definition) is 8. The van der Waals surface area contributed by atoms with Gasteiger partial charge >= 0.3 is 5.97 Å². The predicted molar refractivity (Wildman–Crippen MR) is 216 cm³/mol. The molecule has 13 heteroatoms. The minimum absolute atomic E-state index is 0.0217. The van der Waals surface area contributed by atoms with E-state index in [1.165, 1.54) is 16.9 Å². The number of nitrogens with one attached hydrogen (secondary N) is 1. The number of esters is 1. The van der Waals surface area contributed by atoms with Gasteiger partial charge in [-0.25, -0.2) is 0 Å². The van der Waals surface area contributed by atoms with Crippen LogP contribution in [0.5, 0.6) is 0 Å². The van der Waals surface area contributed by atoms with E-state index in [4.69, 9.17) is 25.8 Å². The van der Waals surface area contributed by atoms with Crippen LogP contribution in [0.1, 0.15) is 36.5 Å². The van der Waals surface area contributed by atoms with Crippen LogP contribution in [0.4, 0.5) is 5.69 Å². The highest BCUT2D eigenvalue weighted by Gasteiger charge is 2.77. The van der Waals surface area contributed by atoms with Gasteiger partial charge in [0, 0.05) is 24.9 Å². The minimum atomic E-state index is -1.48. The topological polar surface area (TPSA) is 135 Å². The van der Waals surface area contributed by atoms with Gasteiger partial charge in [-0.15, -0.1) is 13.2 Å². The molecule has 3 saturated heterocycles. The van der Waals surface area contributed by atoms with Crippen LogP contribution in [0.2, 0.25) is 5.02 Å². The number of methoxy groups -OCH3 is 1. The molecule has 0 aliphatic carbocycles. The van der Waals surface area contributed by atoms with Crippen LogP contribution in [0.25, 0.3) is 0 Å². The number of ether oxygens (including phenoxy) is 3. The highest BCUT2D eigenvalue weighted by atomic mass is 79.9. The first-order valence-corrected chi connectivity index (χ1v) is 20.0. The standard InChI is InChI=1S/C43H47BrClN3O8/c1-4-6-21-34(50)46-32(26-54-3)37(28-17-11-8-12-18-28)55-42(53)35-36-40(51)48(29(25-49)23-27-15-9-7-10-16-27)39(43(36)24-30(44)38(35)56-43)41(52)47(22-5-2)33-20-14-13-19-31(33)45/h4-5,7-20,29-30,32,35-39,49H,1-2,6,21-26H2,3H3,(H,46,50)/t29-,30?,32+,35-,36+,37+,38-,39-,43+/m1/s1. The fourth-order valence-electron chi connectivity index (χ4n) is 8.53. The van der Waals surface area contributed by atoms with E-state index in [1.54, 1.807) is 60.7 Å². The second-order valence-electron chi connectivity index (χ2n) is 14.3. The number of rotatable bonds is 18. The lowest BCUT2D eigenvalue weighted by molar-refractivity contribution is -0.163. The van der Waals surface area contributed by atoms with Gasteiger partial charge in [0.1, 0.15) is 17.7 Å². The molecule has 3 aliphatic heterocycles. The minimum Gasteiger partial charge on any atom is -0.455 e. The lowest BCUT2D eigenvalue weighted by atomic mass is 9.70. The molecule has 11 nitrogen and oxygen atoms in total. The molecule has 1 unspecified atom stereocenters. The number of fused-ring (bicyclic) bond motifs is 1. The number of alkyl halides is 1. The van der Waals surface area contributed by atoms with Gasteiger partial charge in [0.15, 0.2) is 0 Å². The summed E-state index contributed by atoms with van der Waals surface area (Å²) in [7, 11) is 1.49. The van der Waals surface area contributed by atoms with Crippen LogP contribution < -0.4 is 10.2 Å². The molecule has 9 atom stereocenters. The van der Waals surface area contributed by atoms with Crippen LogP contribution >= 0.6 is 27.5 Å². The molecular weight excluding hydrogens is 802 g/mol. The molecule has 2 bridgehead atoms. The van der Waals surface area contributed by atoms with Crippen molar-refractivity contribution in [1.29, 1.82) is 0 Å². The van der Waals surface area contributed by atoms with Gasteiger partial charge in [0.2, 0.25) is 11.8 Å². The molecule has 296 valence electrons. The number of anilines is 1. The number of halogens is 2. The van der Waals surface area contributed by atoms with Gasteiger partial charge in [-0.1, -0.05) is 112 Å². The summed E-state index contributed by atoms with van der Waals surface area (Å²) in [6.07, 6.45) is 2.48. The van der Waals surface area contributed by atoms with E-state index in [0.717, 1.165) is 5.56 Å². The van der Waals surface area contributed by atoms with Crippen molar-refractivity contribution in [2.24, 2.45) is 11.8 Å². The van der Waals surface area contributed by atoms with Gasteiger partial charge in [0.25, 0.3) is 5.91 Å². The zero-order valence-electron chi connectivity index (χ0n) is 31.2. The van der Waals surface area contributed by atoms with E-state index >= 15 is 9.59 Å². The van der Waals surface area contributed by atoms with Crippen molar-refractivity contribution in [3.63, 3.8) is 0 Å². The summed E-state index contributed by atoms with van der Waals surface area (Å²) in [5.74, 6) is -4.26. The Labute approximate surface area is 340 Å². The van der Waals surface area contributed by atoms with Crippen molar-refractivity contribution >= 4 is 56.9 Å². The molecule has 1 spiro atoms. The van der Waals surface area contributed by atoms with E-state index in [1.807, 2.05) is 36.4 Å². The van der Waals surface area contributed by atoms with Crippen LogP contribution in [0, 0.1) is 11.8 Å². The molecular formula is C43H47BrClN3O8. The Balaban J connectivity index is 1.42. The first-order valence-electron chi connectivity index (χ1n) is 18.7. The number of aliphatic hydroxyl groups is 1. The third-order valence-corrected chi connectivity index (χ3v) is 12.0. The molecule has 3 aromatic rings. The number of carbonyl (C=O) groups excluding carboxylic acids is 4. The number of allylic oxidation sites excluding steroid dienone is 1. The Hall–Kier alpha value is -4.33. The maximum Gasteiger partial charge on any atom is 0.313 e. The normalized spacial score (nSPS) is 25.2. The first-order chi connectivity index (χ1) is 27.1. The fourth-order valence-corrected chi connectivity index (χ4v) is 9.71. The second-order valence-corrected chi connectivity index (χ2v) is 15.9. The molecule has 3 aromatic carbocycles. The quantitative estimate of drug-likeness (QED) is 0.0962. The van der Waals surface area contributed by atoms with E-state index in [2.05, 4.69) is 34.4 Å². The number of amides is 3. The van der Waals surface area contributed by atoms with Crippen molar-refractivity contribution in [1.82, 2.24) is 10.2 Å². The lowest BCUT2D eigenvalue weighted by Crippen LogP contribution is -2.59. The van der Waals surface area contributed by atoms with Gasteiger partial charge in [-0.3, -0.25) is 19.2 Å². The number of nitrogens with zero attached hydrogens (tertiary/aromatic N) is 2. The van der Waals surface area contributed by atoms with Crippen LogP contribution in [0.3, 0.4) is 0 Å². The van der Waals surface area contributed by atoms with E-state index < -0.39 is 77.0 Å². The van der Waals surface area contributed by atoms with Gasteiger partial charge in [0.05, 0.1) is 53.9 Å². The summed E-state index contributed by atoms with van der Waals surface area (Å²) in [5, 5.41) is 14.2. The summed E-state index contributed by atoms with van der Waals surface area (Å²) >= 11 is 10.4. The summed E-state index contributed by atoms with van der Waals surface area (Å²) in [6.45, 7) is 7.20. The van der Waals surface area contributed by atoms with Crippen molar-refractivity contribution in [3.8, 4) is 0 Å². The molecule has 3 amide bonds. The number of hydrogen-bond donors (Lipinski definition) is 2. The lowest BCUT2D eigenvalue weighted by Gasteiger charge is -2.39. The average Bonchev–Trinajstić information content (AvgIpc) is 3.81. The summed E-state index contributed by atoms with van der Waals surface area (Å²) < 4.78 is 18.7. The number of aliphatic hydroxyl groups excluding tert-OH is 1. The Morgan fingerprint density at radius 3 is 2.39 bits per heavy atom. The van der Waals surface area contributed by atoms with Crippen molar-refractivity contribution in [2.45, 2.75) is 66.4 Å². The Morgan fingerprint density at radius 2 is 1.75 bits per heavy atom. The highest BCUT2D eigenvalue weighted by molar-refractivity contribution is 9.09. The van der Waals surface area contributed by atoms with E-state index in [0.29, 0.717) is 22.7 Å². The van der Waals surface area contributed by atoms with Crippen LogP contribution in [-0.4, -0.2) is 95.2 Å². The molecule has 2 N–H and O–H groups in total. The maximum absolute atomic E-state index is 15.2. The third-order valence-electron chi connectivity index (χ3n) is 10.9. The summed E-state index contributed by atoms with van der Waals surface area (Å²) in [4.78, 5) is 60.6. The second kappa shape index (κ2) is 18.3. The van der Waals surface area contributed by atoms with Crippen LogP contribution in [0.15, 0.2) is 110 Å². The Morgan fingerprint density at radius 1 is 1.07 bits per heavy atom. The molecule has 0 radical (unpaired) electrons. The maximum atomic E-state index is 15.2. The number of carbonyl (C=O) groups is 4. The number of benzene rings is 3. The molecule has 6 rings (SSSR count). The molecule has 56 heavy (non-hydrogen) atoms. The smallest absolute Gasteiger partial charge is 0.313 e. The molecule has 3 fully saturated rings. The summed E-state index contributed by atoms with van der Waals surface area (Å²) in [6, 6.07) is 22.4. The van der Waals surface area contributed by atoms with Crippen molar-refractivity contribution in [2.75, 3.05) is 31.8 Å². The number of likely N-dealkylation sites (tertiary alicyclic amines) is 1. The fraction of sp³-hybridized carbons (Fsp3) is 0.395. The molecule has 3 aliphatic rings. The Bertz CT molecular complexity index is 1900. The number of para-hydroxylation sites is 1. The molecule has 3 heterocycles. The monoisotopic (exact) mass is 847 g/mol. The summed E-state index contributed by atoms with van der Waals surface area (Å²) in [5.41, 5.74) is 0.392. The van der Waals surface area contributed by atoms with Crippen molar-refractivity contribution in [3.05, 3.63) is 126 Å². The first kappa shape index (κ1) is 41.3. The van der Waals surface area contributed by atoms with E-state index in [9.17, 15) is 14.7 Å². The molecule has 0 saturated carbocycles. The third kappa shape index (κ3) is 8.08. The molecule has 0 aromatic heterocycles. The Kier molecular flexibility index (Phi) is 13.5. The van der Waals surface area contributed by atoms with E-state index in [-0.39, 0.29) is 38.3 Å². The zero-order chi connectivity index (χ0) is 40.0. The van der Waals surface area contributed by atoms with Gasteiger partial charge in [-0.05, 0) is 42.5 Å². The largest absolute Gasteiger partial charge is 0.455 e. The zero-order valence-corrected chi connectivity index (χ0v) is 33.5. The van der Waals surface area contributed by atoms with Gasteiger partial charge < -0.3 is 34.4 Å². The van der Waals surface area contributed by atoms with Crippen LogP contribution in [-0.2, 0) is 39.8 Å². The average molecular weight is 849 g/mol. The SMILES string of the molecule is C=CCCC(=O)N[C@@H](COC)[C@@H](OC(=O)[C@H]1[C@@H]2O[C@@]3(CC2Br)[C@@H]1C(=O)N([C@@H](CO)Cc1ccccc1)[C@@H]3C(=O)N(CC=C)c1ccccc1Cl)c1ccccc1.